The lowest BCUT2D eigenvalue weighted by molar-refractivity contribution is -0.142. The number of fused-ring (bicyclic) bond motifs is 1. The second kappa shape index (κ2) is 13.6. The van der Waals surface area contributed by atoms with Crippen LogP contribution in [0.5, 0.6) is 5.75 Å². The predicted molar refractivity (Wildman–Crippen MR) is 167 cm³/mol. The molecule has 0 fully saturated rings. The Morgan fingerprint density at radius 1 is 1.04 bits per heavy atom. The lowest BCUT2D eigenvalue weighted by Crippen LogP contribution is -2.31. The molecule has 46 heavy (non-hydrogen) atoms. The number of carbonyl (C=O) groups is 1. The summed E-state index contributed by atoms with van der Waals surface area (Å²) < 4.78 is 84.2. The first-order valence-corrected chi connectivity index (χ1v) is 15.5. The number of hydrogen-bond donors (Lipinski definition) is 1. The van der Waals surface area contributed by atoms with E-state index in [9.17, 15) is 22.8 Å². The highest BCUT2D eigenvalue weighted by atomic mass is 32.2. The number of pyridine rings is 1. The number of anilines is 1. The van der Waals surface area contributed by atoms with Gasteiger partial charge in [0.05, 0.1) is 42.3 Å². The van der Waals surface area contributed by atoms with Crippen LogP contribution in [0.2, 0.25) is 0 Å². The van der Waals surface area contributed by atoms with E-state index in [1.807, 2.05) is 0 Å². The first-order chi connectivity index (χ1) is 21.9. The zero-order chi connectivity index (χ0) is 33.2. The average molecular weight is 659 g/mol. The summed E-state index contributed by atoms with van der Waals surface area (Å²) in [6, 6.07) is 13.8. The van der Waals surface area contributed by atoms with Crippen molar-refractivity contribution >= 4 is 23.4 Å². The molecule has 1 unspecified atom stereocenters. The van der Waals surface area contributed by atoms with Crippen LogP contribution in [0.1, 0.15) is 40.8 Å². The molecule has 1 aliphatic rings. The Hall–Kier alpha value is -4.32. The third kappa shape index (κ3) is 6.62. The van der Waals surface area contributed by atoms with Crippen LogP contribution in [-0.4, -0.2) is 36.6 Å². The number of nitrogens with zero attached hydrogens (tertiary/aromatic N) is 1. The van der Waals surface area contributed by atoms with Crippen LogP contribution in [0, 0.1) is 18.6 Å². The van der Waals surface area contributed by atoms with Crippen molar-refractivity contribution < 1.29 is 36.2 Å². The smallest absolute Gasteiger partial charge is 0.416 e. The summed E-state index contributed by atoms with van der Waals surface area (Å²) in [5, 5.41) is 3.68. The summed E-state index contributed by atoms with van der Waals surface area (Å²) >= 11 is 1.28. The molecule has 0 saturated heterocycles. The van der Waals surface area contributed by atoms with Gasteiger partial charge in [0.2, 0.25) is 0 Å². The van der Waals surface area contributed by atoms with Gasteiger partial charge in [-0.05, 0) is 60.9 Å². The molecule has 2 heterocycles. The third-order valence-corrected chi connectivity index (χ3v) is 9.16. The van der Waals surface area contributed by atoms with Gasteiger partial charge in [-0.15, -0.1) is 11.8 Å². The SMILES string of the molecule is CCOC(=O)Cc1ccc(NCC2CSc3c(Cc4c(F)cccc4C(F)(F)F)c(C)c(-c4cccc(OC)c4F)c(=O)n32)cc1. The molecule has 3 aromatic carbocycles. The highest BCUT2D eigenvalue weighted by molar-refractivity contribution is 7.99. The summed E-state index contributed by atoms with van der Waals surface area (Å²) in [7, 11) is 1.29. The van der Waals surface area contributed by atoms with Crippen molar-refractivity contribution in [1.29, 1.82) is 0 Å². The van der Waals surface area contributed by atoms with Crippen LogP contribution in [0.4, 0.5) is 27.6 Å². The van der Waals surface area contributed by atoms with E-state index in [1.54, 1.807) is 38.1 Å². The third-order valence-electron chi connectivity index (χ3n) is 7.89. The average Bonchev–Trinajstić information content (AvgIpc) is 3.44. The molecule has 1 N–H and O–H groups in total. The summed E-state index contributed by atoms with van der Waals surface area (Å²) in [5.74, 6) is -1.86. The van der Waals surface area contributed by atoms with Gasteiger partial charge < -0.3 is 14.8 Å². The Bertz CT molecular complexity index is 1820. The number of rotatable bonds is 10. The molecule has 0 amide bonds. The number of alkyl halides is 3. The van der Waals surface area contributed by atoms with E-state index in [-0.39, 0.29) is 48.0 Å². The van der Waals surface area contributed by atoms with Crippen LogP contribution >= 0.6 is 11.8 Å². The summed E-state index contributed by atoms with van der Waals surface area (Å²) in [6.45, 7) is 3.82. The molecule has 0 saturated carbocycles. The lowest BCUT2D eigenvalue weighted by Gasteiger charge is -2.22. The van der Waals surface area contributed by atoms with Gasteiger partial charge in [0, 0.05) is 35.5 Å². The minimum absolute atomic E-state index is 0.0316. The van der Waals surface area contributed by atoms with E-state index in [0.717, 1.165) is 23.8 Å². The number of hydrogen-bond acceptors (Lipinski definition) is 6. The van der Waals surface area contributed by atoms with Crippen molar-refractivity contribution in [2.45, 2.75) is 43.9 Å². The van der Waals surface area contributed by atoms with Crippen molar-refractivity contribution in [3.8, 4) is 16.9 Å². The minimum atomic E-state index is -4.81. The number of methoxy groups -OCH3 is 1. The van der Waals surface area contributed by atoms with Crippen molar-refractivity contribution in [3.63, 3.8) is 0 Å². The van der Waals surface area contributed by atoms with Gasteiger partial charge in [-0.2, -0.15) is 13.2 Å². The monoisotopic (exact) mass is 658 g/mol. The Morgan fingerprint density at radius 2 is 1.76 bits per heavy atom. The van der Waals surface area contributed by atoms with E-state index < -0.39 is 47.0 Å². The minimum Gasteiger partial charge on any atom is -0.494 e. The van der Waals surface area contributed by atoms with Gasteiger partial charge >= 0.3 is 12.1 Å². The highest BCUT2D eigenvalue weighted by Crippen LogP contribution is 2.42. The number of aromatic nitrogens is 1. The molecule has 4 aromatic rings. The fourth-order valence-electron chi connectivity index (χ4n) is 5.64. The molecule has 242 valence electrons. The van der Waals surface area contributed by atoms with Crippen LogP contribution in [0.3, 0.4) is 0 Å². The summed E-state index contributed by atoms with van der Waals surface area (Å²) in [5.41, 5.74) is -0.235. The van der Waals surface area contributed by atoms with Gasteiger partial charge in [0.1, 0.15) is 5.82 Å². The first-order valence-electron chi connectivity index (χ1n) is 14.5. The molecular formula is C34H31F5N2O4S. The highest BCUT2D eigenvalue weighted by Gasteiger charge is 2.37. The molecule has 6 nitrogen and oxygen atoms in total. The maximum absolute atomic E-state index is 15.6. The maximum atomic E-state index is 15.6. The van der Waals surface area contributed by atoms with Crippen molar-refractivity contribution in [1.82, 2.24) is 4.57 Å². The number of benzene rings is 3. The fourth-order valence-corrected chi connectivity index (χ4v) is 7.03. The number of nitrogens with one attached hydrogen (secondary N) is 1. The molecule has 0 spiro atoms. The number of thioether (sulfide) groups is 1. The van der Waals surface area contributed by atoms with Crippen LogP contribution < -0.4 is 15.6 Å². The maximum Gasteiger partial charge on any atom is 0.416 e. The first kappa shape index (κ1) is 33.1. The Morgan fingerprint density at radius 3 is 2.43 bits per heavy atom. The number of halogens is 5. The van der Waals surface area contributed by atoms with E-state index in [1.165, 1.54) is 41.6 Å². The molecule has 1 aliphatic heterocycles. The van der Waals surface area contributed by atoms with Gasteiger partial charge in [0.15, 0.2) is 11.6 Å². The second-order valence-electron chi connectivity index (χ2n) is 10.7. The largest absolute Gasteiger partial charge is 0.494 e. The predicted octanol–water partition coefficient (Wildman–Crippen LogP) is 7.58. The van der Waals surface area contributed by atoms with Crippen LogP contribution in [-0.2, 0) is 28.5 Å². The van der Waals surface area contributed by atoms with Gasteiger partial charge in [0.25, 0.3) is 5.56 Å². The Balaban J connectivity index is 1.57. The molecule has 1 aromatic heterocycles. The van der Waals surface area contributed by atoms with Gasteiger partial charge in [-0.3, -0.25) is 14.2 Å². The molecule has 0 aliphatic carbocycles. The van der Waals surface area contributed by atoms with Crippen molar-refractivity contribution in [2.24, 2.45) is 0 Å². The molecule has 5 rings (SSSR count). The molecular weight excluding hydrogens is 627 g/mol. The number of ether oxygens (including phenoxy) is 2. The fraction of sp³-hybridized carbons (Fsp3) is 0.294. The van der Waals surface area contributed by atoms with Gasteiger partial charge in [-0.25, -0.2) is 8.78 Å². The zero-order valence-electron chi connectivity index (χ0n) is 25.3. The Kier molecular flexibility index (Phi) is 9.76. The standard InChI is InChI=1S/C34H31F5N2O4S/c1-4-45-29(42)15-20-11-13-21(14-12-20)40-17-22-18-46-33-24(16-25-26(34(37,38)39)8-6-9-27(25)35)19(2)30(32(43)41(22)33)23-7-5-10-28(44-3)31(23)36/h5-14,22,40H,4,15-18H2,1-3H3. The molecule has 0 radical (unpaired) electrons. The van der Waals surface area contributed by atoms with Crippen LogP contribution in [0.15, 0.2) is 70.5 Å². The summed E-state index contributed by atoms with van der Waals surface area (Å²) in [4.78, 5) is 26.0. The number of carbonyl (C=O) groups excluding carboxylic acids is 1. The van der Waals surface area contributed by atoms with Crippen molar-refractivity contribution in [3.05, 3.63) is 110 Å². The van der Waals surface area contributed by atoms with Crippen LogP contribution in [0.25, 0.3) is 11.1 Å². The topological polar surface area (TPSA) is 69.6 Å². The molecule has 1 atom stereocenters. The number of esters is 1. The summed E-state index contributed by atoms with van der Waals surface area (Å²) in [6.07, 6.45) is -5.15. The van der Waals surface area contributed by atoms with Gasteiger partial charge in [-0.1, -0.05) is 30.3 Å². The van der Waals surface area contributed by atoms with Crippen molar-refractivity contribution in [2.75, 3.05) is 31.3 Å². The Labute approximate surface area is 266 Å². The molecule has 0 bridgehead atoms. The zero-order valence-corrected chi connectivity index (χ0v) is 26.1. The van der Waals surface area contributed by atoms with E-state index in [2.05, 4.69) is 5.32 Å². The molecule has 12 heteroatoms. The van der Waals surface area contributed by atoms with E-state index in [4.69, 9.17) is 9.47 Å². The lowest BCUT2D eigenvalue weighted by atomic mass is 9.92. The normalized spacial score (nSPS) is 14.2. The van der Waals surface area contributed by atoms with E-state index >= 15 is 8.78 Å². The quantitative estimate of drug-likeness (QED) is 0.140. The second-order valence-corrected chi connectivity index (χ2v) is 11.8. The van der Waals surface area contributed by atoms with E-state index in [0.29, 0.717) is 22.0 Å².